The lowest BCUT2D eigenvalue weighted by molar-refractivity contribution is 0.0954. The molecular weight excluding hydrogens is 332 g/mol. The van der Waals surface area contributed by atoms with Crippen molar-refractivity contribution in [1.82, 2.24) is 15.3 Å². The topological polar surface area (TPSA) is 83.8 Å². The first-order valence-corrected chi connectivity index (χ1v) is 8.68. The molecule has 0 bridgehead atoms. The summed E-state index contributed by atoms with van der Waals surface area (Å²) in [6.07, 6.45) is 0. The Morgan fingerprint density at radius 2 is 2.00 bits per heavy atom. The zero-order chi connectivity index (χ0) is 17.2. The van der Waals surface area contributed by atoms with Crippen LogP contribution in [0.3, 0.4) is 0 Å². The second-order valence-electron chi connectivity index (χ2n) is 5.67. The van der Waals surface area contributed by atoms with E-state index in [4.69, 9.17) is 5.73 Å². The molecule has 0 saturated heterocycles. The van der Waals surface area contributed by atoms with E-state index in [1.54, 1.807) is 0 Å². The lowest BCUT2D eigenvalue weighted by Crippen LogP contribution is -2.22. The van der Waals surface area contributed by atoms with Gasteiger partial charge in [-0.2, -0.15) is 0 Å². The number of H-pyrrole nitrogens is 1. The molecule has 0 atom stereocenters. The molecule has 0 aliphatic carbocycles. The number of imidazole rings is 1. The van der Waals surface area contributed by atoms with Crippen molar-refractivity contribution >= 4 is 34.0 Å². The van der Waals surface area contributed by atoms with Gasteiger partial charge in [-0.15, -0.1) is 11.3 Å². The number of thiophene rings is 1. The van der Waals surface area contributed by atoms with Crippen LogP contribution in [0.15, 0.2) is 60.7 Å². The minimum absolute atomic E-state index is 0.111. The van der Waals surface area contributed by atoms with Gasteiger partial charge in [-0.05, 0) is 42.0 Å². The van der Waals surface area contributed by atoms with E-state index in [0.29, 0.717) is 17.1 Å². The SMILES string of the molecule is Nc1cccc(-c2ccc(C(=O)NCc3nc4ccccc4[nH]3)s2)c1. The maximum atomic E-state index is 12.4. The van der Waals surface area contributed by atoms with Crippen LogP contribution in [0.4, 0.5) is 5.69 Å². The number of nitrogens with one attached hydrogen (secondary N) is 2. The predicted octanol–water partition coefficient (Wildman–Crippen LogP) is 3.80. The number of hydrogen-bond donors (Lipinski definition) is 3. The van der Waals surface area contributed by atoms with E-state index < -0.39 is 0 Å². The molecule has 25 heavy (non-hydrogen) atoms. The van der Waals surface area contributed by atoms with E-state index in [0.717, 1.165) is 27.3 Å². The second kappa shape index (κ2) is 6.41. The van der Waals surface area contributed by atoms with Gasteiger partial charge >= 0.3 is 0 Å². The summed E-state index contributed by atoms with van der Waals surface area (Å²) in [6.45, 7) is 0.360. The molecule has 0 aliphatic rings. The summed E-state index contributed by atoms with van der Waals surface area (Å²) in [6, 6.07) is 19.2. The highest BCUT2D eigenvalue weighted by Gasteiger charge is 2.11. The first-order chi connectivity index (χ1) is 12.2. The first-order valence-electron chi connectivity index (χ1n) is 7.86. The summed E-state index contributed by atoms with van der Waals surface area (Å²) in [5, 5.41) is 2.91. The second-order valence-corrected chi connectivity index (χ2v) is 6.76. The maximum absolute atomic E-state index is 12.4. The Hall–Kier alpha value is -3.12. The van der Waals surface area contributed by atoms with E-state index in [1.807, 2.05) is 60.7 Å². The van der Waals surface area contributed by atoms with Gasteiger partial charge in [0.25, 0.3) is 5.91 Å². The molecule has 2 heterocycles. The van der Waals surface area contributed by atoms with Gasteiger partial charge in [0.15, 0.2) is 0 Å². The third kappa shape index (κ3) is 3.25. The molecule has 0 fully saturated rings. The van der Waals surface area contributed by atoms with Crippen molar-refractivity contribution in [3.8, 4) is 10.4 Å². The number of rotatable bonds is 4. The van der Waals surface area contributed by atoms with Gasteiger partial charge < -0.3 is 16.0 Å². The van der Waals surface area contributed by atoms with Crippen LogP contribution in [0.5, 0.6) is 0 Å². The van der Waals surface area contributed by atoms with Gasteiger partial charge in [-0.3, -0.25) is 4.79 Å². The number of anilines is 1. The fourth-order valence-electron chi connectivity index (χ4n) is 2.65. The summed E-state index contributed by atoms with van der Waals surface area (Å²) < 4.78 is 0. The first kappa shape index (κ1) is 15.4. The number of nitrogens with two attached hydrogens (primary N) is 1. The molecule has 4 rings (SSSR count). The van der Waals surface area contributed by atoms with Gasteiger partial charge in [0.1, 0.15) is 5.82 Å². The molecule has 0 spiro atoms. The minimum atomic E-state index is -0.111. The normalized spacial score (nSPS) is 10.9. The van der Waals surface area contributed by atoms with Crippen molar-refractivity contribution in [2.24, 2.45) is 0 Å². The molecule has 4 N–H and O–H groups in total. The monoisotopic (exact) mass is 348 g/mol. The zero-order valence-corrected chi connectivity index (χ0v) is 14.1. The lowest BCUT2D eigenvalue weighted by atomic mass is 10.2. The molecule has 0 saturated carbocycles. The highest BCUT2D eigenvalue weighted by Crippen LogP contribution is 2.29. The number of para-hydroxylation sites is 2. The van der Waals surface area contributed by atoms with E-state index in [1.165, 1.54) is 11.3 Å². The number of fused-ring (bicyclic) bond motifs is 1. The largest absolute Gasteiger partial charge is 0.399 e. The van der Waals surface area contributed by atoms with E-state index >= 15 is 0 Å². The Kier molecular flexibility index (Phi) is 3.95. The smallest absolute Gasteiger partial charge is 0.261 e. The molecule has 2 aromatic carbocycles. The average molecular weight is 348 g/mol. The Bertz CT molecular complexity index is 1020. The minimum Gasteiger partial charge on any atom is -0.399 e. The van der Waals surface area contributed by atoms with E-state index in [9.17, 15) is 4.79 Å². The third-order valence-corrected chi connectivity index (χ3v) is 4.99. The molecule has 6 heteroatoms. The number of aromatic amines is 1. The maximum Gasteiger partial charge on any atom is 0.261 e. The van der Waals surface area contributed by atoms with Gasteiger partial charge in [0.05, 0.1) is 22.5 Å². The standard InChI is InChI=1S/C19H16N4OS/c20-13-5-3-4-12(10-13)16-8-9-17(25-16)19(24)21-11-18-22-14-6-1-2-7-15(14)23-18/h1-10H,11,20H2,(H,21,24)(H,22,23). The summed E-state index contributed by atoms with van der Waals surface area (Å²) >= 11 is 1.44. The zero-order valence-electron chi connectivity index (χ0n) is 13.3. The molecule has 2 aromatic heterocycles. The summed E-state index contributed by atoms with van der Waals surface area (Å²) in [7, 11) is 0. The number of hydrogen-bond acceptors (Lipinski definition) is 4. The van der Waals surface area contributed by atoms with E-state index in [-0.39, 0.29) is 5.91 Å². The molecular formula is C19H16N4OS. The van der Waals surface area contributed by atoms with Crippen molar-refractivity contribution in [3.63, 3.8) is 0 Å². The molecule has 0 aliphatic heterocycles. The summed E-state index contributed by atoms with van der Waals surface area (Å²) in [5.41, 5.74) is 9.41. The van der Waals surface area contributed by atoms with Crippen LogP contribution in [0.25, 0.3) is 21.5 Å². The summed E-state index contributed by atoms with van der Waals surface area (Å²) in [4.78, 5) is 21.7. The van der Waals surface area contributed by atoms with Gasteiger partial charge in [0, 0.05) is 10.6 Å². The van der Waals surface area contributed by atoms with Crippen LogP contribution >= 0.6 is 11.3 Å². The predicted molar refractivity (Wildman–Crippen MR) is 101 cm³/mol. The molecule has 0 unspecified atom stereocenters. The number of nitrogens with zero attached hydrogens (tertiary/aromatic N) is 1. The number of nitrogen functional groups attached to an aromatic ring is 1. The number of carbonyl (C=O) groups is 1. The van der Waals surface area contributed by atoms with Crippen molar-refractivity contribution < 1.29 is 4.79 Å². The Morgan fingerprint density at radius 3 is 2.84 bits per heavy atom. The van der Waals surface area contributed by atoms with Crippen molar-refractivity contribution in [3.05, 3.63) is 71.4 Å². The Labute approximate surface area is 148 Å². The fourth-order valence-corrected chi connectivity index (χ4v) is 3.57. The molecule has 1 amide bonds. The van der Waals surface area contributed by atoms with Gasteiger partial charge in [-0.1, -0.05) is 24.3 Å². The van der Waals surface area contributed by atoms with Crippen molar-refractivity contribution in [2.45, 2.75) is 6.54 Å². The Morgan fingerprint density at radius 1 is 1.12 bits per heavy atom. The number of carbonyl (C=O) groups excluding carboxylic acids is 1. The Balaban J connectivity index is 1.46. The average Bonchev–Trinajstić information content (AvgIpc) is 3.26. The van der Waals surface area contributed by atoms with Crippen LogP contribution in [0.2, 0.25) is 0 Å². The molecule has 5 nitrogen and oxygen atoms in total. The molecule has 4 aromatic rings. The number of aromatic nitrogens is 2. The van der Waals surface area contributed by atoms with Crippen molar-refractivity contribution in [2.75, 3.05) is 5.73 Å². The number of benzene rings is 2. The fraction of sp³-hybridized carbons (Fsp3) is 0.0526. The van der Waals surface area contributed by atoms with E-state index in [2.05, 4.69) is 15.3 Å². The highest BCUT2D eigenvalue weighted by atomic mass is 32.1. The van der Waals surface area contributed by atoms with Crippen LogP contribution in [-0.4, -0.2) is 15.9 Å². The lowest BCUT2D eigenvalue weighted by Gasteiger charge is -2.01. The molecule has 0 radical (unpaired) electrons. The third-order valence-electron chi connectivity index (χ3n) is 3.86. The van der Waals surface area contributed by atoms with Crippen LogP contribution in [0, 0.1) is 0 Å². The molecule has 124 valence electrons. The van der Waals surface area contributed by atoms with Crippen LogP contribution in [-0.2, 0) is 6.54 Å². The van der Waals surface area contributed by atoms with Crippen LogP contribution < -0.4 is 11.1 Å². The number of amides is 1. The van der Waals surface area contributed by atoms with Crippen LogP contribution in [0.1, 0.15) is 15.5 Å². The quantitative estimate of drug-likeness (QED) is 0.490. The van der Waals surface area contributed by atoms with Crippen molar-refractivity contribution in [1.29, 1.82) is 0 Å². The highest BCUT2D eigenvalue weighted by molar-refractivity contribution is 7.17. The van der Waals surface area contributed by atoms with Gasteiger partial charge in [0.2, 0.25) is 0 Å². The summed E-state index contributed by atoms with van der Waals surface area (Å²) in [5.74, 6) is 0.628. The van der Waals surface area contributed by atoms with Gasteiger partial charge in [-0.25, -0.2) is 4.98 Å².